The summed E-state index contributed by atoms with van der Waals surface area (Å²) in [4.78, 5) is 32.5. The summed E-state index contributed by atoms with van der Waals surface area (Å²) in [5, 5.41) is 13.0. The van der Waals surface area contributed by atoms with Crippen LogP contribution in [-0.4, -0.2) is 42.3 Å². The lowest BCUT2D eigenvalue weighted by molar-refractivity contribution is -0.118. The van der Waals surface area contributed by atoms with E-state index in [1.807, 2.05) is 0 Å². The van der Waals surface area contributed by atoms with E-state index in [2.05, 4.69) is 30.6 Å². The van der Waals surface area contributed by atoms with Gasteiger partial charge in [0.2, 0.25) is 10.9 Å². The number of fused-ring (bicyclic) bond motifs is 1. The summed E-state index contributed by atoms with van der Waals surface area (Å²) in [5.74, 6) is 0.193. The molecule has 3 heterocycles. The number of ether oxygens (including phenoxy) is 1. The van der Waals surface area contributed by atoms with Crippen LogP contribution in [0.5, 0.6) is 5.75 Å². The lowest BCUT2D eigenvalue weighted by Gasteiger charge is -2.09. The molecule has 136 valence electrons. The minimum absolute atomic E-state index is 0.219. The first-order valence-corrected chi connectivity index (χ1v) is 8.71. The zero-order valence-corrected chi connectivity index (χ0v) is 15.0. The van der Waals surface area contributed by atoms with Gasteiger partial charge in [0, 0.05) is 10.6 Å². The molecule has 0 aliphatic heterocycles. The lowest BCUT2D eigenvalue weighted by atomic mass is 10.2. The number of benzene rings is 1. The Labute approximate surface area is 159 Å². The molecule has 2 N–H and O–H groups in total. The van der Waals surface area contributed by atoms with E-state index in [1.165, 1.54) is 28.5 Å². The van der Waals surface area contributed by atoms with Crippen LogP contribution in [0, 0.1) is 0 Å². The van der Waals surface area contributed by atoms with E-state index in [0.29, 0.717) is 25.8 Å². The quantitative estimate of drug-likeness (QED) is 0.496. The Morgan fingerprint density at radius 2 is 2.26 bits per heavy atom. The molecule has 0 bridgehead atoms. The summed E-state index contributed by atoms with van der Waals surface area (Å²) in [7, 11) is 0. The van der Waals surface area contributed by atoms with E-state index < -0.39 is 5.91 Å². The zero-order chi connectivity index (χ0) is 18.8. The van der Waals surface area contributed by atoms with E-state index in [4.69, 9.17) is 16.3 Å². The number of anilines is 1. The maximum Gasteiger partial charge on any atom is 0.291 e. The molecule has 0 fully saturated rings. The van der Waals surface area contributed by atoms with Gasteiger partial charge < -0.3 is 4.74 Å². The Morgan fingerprint density at radius 1 is 1.37 bits per heavy atom. The molecule has 0 aliphatic carbocycles. The maximum absolute atomic E-state index is 12.3. The van der Waals surface area contributed by atoms with Crippen LogP contribution < -0.4 is 20.1 Å². The van der Waals surface area contributed by atoms with Gasteiger partial charge in [-0.05, 0) is 24.3 Å². The van der Waals surface area contributed by atoms with Crippen LogP contribution >= 0.6 is 22.9 Å². The van der Waals surface area contributed by atoms with Gasteiger partial charge in [0.15, 0.2) is 6.61 Å². The van der Waals surface area contributed by atoms with Crippen molar-refractivity contribution in [3.05, 3.63) is 56.3 Å². The van der Waals surface area contributed by atoms with Crippen molar-refractivity contribution >= 4 is 45.8 Å². The van der Waals surface area contributed by atoms with Gasteiger partial charge in [0.1, 0.15) is 18.4 Å². The largest absolute Gasteiger partial charge is 0.483 e. The minimum Gasteiger partial charge on any atom is -0.483 e. The number of nitrogens with zero attached hydrogens (tertiary/aromatic N) is 5. The van der Waals surface area contributed by atoms with Gasteiger partial charge in [0.05, 0.1) is 4.53 Å². The Hall–Kier alpha value is -3.31. The molecule has 0 saturated carbocycles. The lowest BCUT2D eigenvalue weighted by Crippen LogP contribution is -2.24. The van der Waals surface area contributed by atoms with Crippen LogP contribution in [0.15, 0.2) is 35.6 Å². The summed E-state index contributed by atoms with van der Waals surface area (Å²) in [5.41, 5.74) is 0.262. The second kappa shape index (κ2) is 7.13. The molecular weight excluding hydrogens is 394 g/mol. The standard InChI is InChI=1S/C15H10ClN7O3S/c16-9-1-2-10(26-5-12(24)21-14-17-6-19-22-14)8(3-9)4-11-13(25)23-15(27-11)18-7-20-23/h1-4,6-7H,5H2,(H2,17,19,21,22,24)/b11-4-. The predicted molar refractivity (Wildman–Crippen MR) is 97.9 cm³/mol. The Kier molecular flexibility index (Phi) is 4.52. The summed E-state index contributed by atoms with van der Waals surface area (Å²) < 4.78 is 7.21. The van der Waals surface area contributed by atoms with Crippen molar-refractivity contribution in [2.75, 3.05) is 11.9 Å². The molecule has 0 radical (unpaired) electrons. The average Bonchev–Trinajstić information content (AvgIpc) is 3.36. The predicted octanol–water partition coefficient (Wildman–Crippen LogP) is 0.488. The molecule has 1 amide bonds. The van der Waals surface area contributed by atoms with Crippen LogP contribution in [0.4, 0.5) is 5.95 Å². The molecule has 0 unspecified atom stereocenters. The number of rotatable bonds is 5. The highest BCUT2D eigenvalue weighted by molar-refractivity contribution is 7.15. The third kappa shape index (κ3) is 3.64. The SMILES string of the molecule is O=C(COc1ccc(Cl)cc1/C=c1\sc2ncnn2c1=O)Nc1ncn[nH]1. The highest BCUT2D eigenvalue weighted by atomic mass is 35.5. The Balaban J connectivity index is 1.60. The van der Waals surface area contributed by atoms with E-state index in [-0.39, 0.29) is 18.1 Å². The molecule has 0 spiro atoms. The number of carbonyl (C=O) groups excluding carboxylic acids is 1. The number of nitrogens with one attached hydrogen (secondary N) is 2. The summed E-state index contributed by atoms with van der Waals surface area (Å²) in [6, 6.07) is 4.89. The number of H-pyrrole nitrogens is 1. The van der Waals surface area contributed by atoms with Gasteiger partial charge in [-0.25, -0.2) is 10.1 Å². The monoisotopic (exact) mass is 403 g/mol. The van der Waals surface area contributed by atoms with Gasteiger partial charge in [-0.15, -0.1) is 0 Å². The molecule has 0 saturated heterocycles. The molecule has 4 rings (SSSR count). The van der Waals surface area contributed by atoms with Gasteiger partial charge in [-0.1, -0.05) is 22.9 Å². The Bertz CT molecular complexity index is 1220. The fraction of sp³-hybridized carbons (Fsp3) is 0.0667. The number of hydrogen-bond acceptors (Lipinski definition) is 8. The molecule has 3 aromatic heterocycles. The molecule has 0 aliphatic rings. The molecular formula is C15H10ClN7O3S. The van der Waals surface area contributed by atoms with E-state index >= 15 is 0 Å². The minimum atomic E-state index is -0.420. The molecule has 10 nitrogen and oxygen atoms in total. The number of hydrogen-bond donors (Lipinski definition) is 2. The summed E-state index contributed by atoms with van der Waals surface area (Å²) >= 11 is 7.25. The van der Waals surface area contributed by atoms with E-state index in [0.717, 1.165) is 0 Å². The van der Waals surface area contributed by atoms with Crippen molar-refractivity contribution in [1.82, 2.24) is 29.8 Å². The fourth-order valence-corrected chi connectivity index (χ4v) is 3.31. The smallest absolute Gasteiger partial charge is 0.291 e. The van der Waals surface area contributed by atoms with Gasteiger partial charge >= 0.3 is 0 Å². The Morgan fingerprint density at radius 3 is 3.04 bits per heavy atom. The second-order valence-corrected chi connectivity index (χ2v) is 6.67. The van der Waals surface area contributed by atoms with Crippen molar-refractivity contribution in [2.24, 2.45) is 0 Å². The highest BCUT2D eigenvalue weighted by Crippen LogP contribution is 2.23. The van der Waals surface area contributed by atoms with Gasteiger partial charge in [-0.3, -0.25) is 14.9 Å². The number of carbonyl (C=O) groups is 1. The molecule has 4 aromatic rings. The van der Waals surface area contributed by atoms with Gasteiger partial charge in [0.25, 0.3) is 11.5 Å². The van der Waals surface area contributed by atoms with Gasteiger partial charge in [-0.2, -0.15) is 19.7 Å². The van der Waals surface area contributed by atoms with Crippen LogP contribution in [0.25, 0.3) is 11.0 Å². The van der Waals surface area contributed by atoms with Crippen LogP contribution in [0.2, 0.25) is 5.02 Å². The molecule has 0 atom stereocenters. The summed E-state index contributed by atoms with van der Waals surface area (Å²) in [6.45, 7) is -0.261. The van der Waals surface area contributed by atoms with E-state index in [1.54, 1.807) is 24.3 Å². The van der Waals surface area contributed by atoms with Crippen molar-refractivity contribution in [2.45, 2.75) is 0 Å². The van der Waals surface area contributed by atoms with Crippen LogP contribution in [-0.2, 0) is 4.79 Å². The van der Waals surface area contributed by atoms with Crippen molar-refractivity contribution in [1.29, 1.82) is 0 Å². The molecule has 1 aromatic carbocycles. The first kappa shape index (κ1) is 17.1. The van der Waals surface area contributed by atoms with Crippen LogP contribution in [0.1, 0.15) is 5.56 Å². The fourth-order valence-electron chi connectivity index (χ4n) is 2.26. The number of aromatic amines is 1. The number of thiazole rings is 1. The topological polar surface area (TPSA) is 127 Å². The average molecular weight is 404 g/mol. The van der Waals surface area contributed by atoms with Crippen molar-refractivity contribution in [3.8, 4) is 5.75 Å². The first-order valence-electron chi connectivity index (χ1n) is 7.52. The number of amides is 1. The third-order valence-corrected chi connectivity index (χ3v) is 4.62. The normalized spacial score (nSPS) is 11.8. The number of aromatic nitrogens is 6. The molecule has 12 heteroatoms. The van der Waals surface area contributed by atoms with Crippen LogP contribution in [0.3, 0.4) is 0 Å². The van der Waals surface area contributed by atoms with Crippen molar-refractivity contribution in [3.63, 3.8) is 0 Å². The number of halogens is 1. The van der Waals surface area contributed by atoms with E-state index in [9.17, 15) is 9.59 Å². The third-order valence-electron chi connectivity index (χ3n) is 3.41. The second-order valence-electron chi connectivity index (χ2n) is 5.22. The highest BCUT2D eigenvalue weighted by Gasteiger charge is 2.10. The maximum atomic E-state index is 12.3. The summed E-state index contributed by atoms with van der Waals surface area (Å²) in [6.07, 6.45) is 4.22. The zero-order valence-electron chi connectivity index (χ0n) is 13.4. The first-order chi connectivity index (χ1) is 13.1. The van der Waals surface area contributed by atoms with Crippen molar-refractivity contribution < 1.29 is 9.53 Å². The molecule has 27 heavy (non-hydrogen) atoms.